The van der Waals surface area contributed by atoms with Gasteiger partial charge < -0.3 is 20.3 Å². The largest absolute Gasteiger partial charge is 0.618 e. The number of methoxy groups -OCH3 is 1. The Labute approximate surface area is 137 Å². The van der Waals surface area contributed by atoms with Crippen molar-refractivity contribution in [2.75, 3.05) is 7.11 Å². The molecule has 0 radical (unpaired) electrons. The summed E-state index contributed by atoms with van der Waals surface area (Å²) >= 11 is 0. The quantitative estimate of drug-likeness (QED) is 0.435. The molecule has 0 bridgehead atoms. The Morgan fingerprint density at radius 3 is 2.38 bits per heavy atom. The van der Waals surface area contributed by atoms with Gasteiger partial charge in [-0.25, -0.2) is 0 Å². The summed E-state index contributed by atoms with van der Waals surface area (Å²) in [5.74, 6) is -0.220. The molecule has 3 rings (SSSR count). The first-order valence-corrected chi connectivity index (χ1v) is 7.14. The van der Waals surface area contributed by atoms with Gasteiger partial charge in [0.2, 0.25) is 0 Å². The fourth-order valence-electron chi connectivity index (χ4n) is 2.55. The number of hydrogen-bond acceptors (Lipinski definition) is 5. The van der Waals surface area contributed by atoms with Crippen molar-refractivity contribution in [3.8, 4) is 5.75 Å². The van der Waals surface area contributed by atoms with Crippen molar-refractivity contribution in [3.63, 3.8) is 0 Å². The second-order valence-electron chi connectivity index (χ2n) is 5.09. The first kappa shape index (κ1) is 15.7. The molecule has 122 valence electrons. The molecule has 1 aromatic heterocycles. The molecule has 0 atom stereocenters. The summed E-state index contributed by atoms with van der Waals surface area (Å²) in [5, 5.41) is 34.6. The molecule has 1 heterocycles. The molecule has 3 aromatic rings. The van der Waals surface area contributed by atoms with E-state index in [1.807, 2.05) is 0 Å². The Morgan fingerprint density at radius 1 is 1.08 bits per heavy atom. The molecule has 2 aromatic carbocycles. The average molecular weight is 326 g/mol. The Balaban J connectivity index is 2.28. The van der Waals surface area contributed by atoms with Gasteiger partial charge in [0, 0.05) is 17.7 Å². The summed E-state index contributed by atoms with van der Waals surface area (Å²) in [5.41, 5.74) is -0.380. The van der Waals surface area contributed by atoms with Gasteiger partial charge in [-0.3, -0.25) is 4.79 Å². The molecule has 0 aliphatic rings. The number of ether oxygens (including phenoxy) is 1. The van der Waals surface area contributed by atoms with Gasteiger partial charge in [-0.15, -0.1) is 0 Å². The molecule has 0 unspecified atom stereocenters. The molecule has 0 saturated carbocycles. The number of aliphatic hydroxyl groups is 1. The van der Waals surface area contributed by atoms with Crippen LogP contribution in [-0.2, 0) is 6.61 Å². The first-order chi connectivity index (χ1) is 11.6. The van der Waals surface area contributed by atoms with E-state index in [4.69, 9.17) is 4.74 Å². The lowest BCUT2D eigenvalue weighted by atomic mass is 10.1. The molecule has 0 aliphatic heterocycles. The Morgan fingerprint density at radius 2 is 1.75 bits per heavy atom. The molecule has 7 heteroatoms. The van der Waals surface area contributed by atoms with Crippen LogP contribution in [0, 0.1) is 10.4 Å². The van der Waals surface area contributed by atoms with E-state index in [-0.39, 0.29) is 22.3 Å². The van der Waals surface area contributed by atoms with Crippen molar-refractivity contribution >= 4 is 16.8 Å². The van der Waals surface area contributed by atoms with Gasteiger partial charge >= 0.3 is 5.69 Å². The average Bonchev–Trinajstić information content (AvgIpc) is 2.64. The van der Waals surface area contributed by atoms with Crippen LogP contribution in [0.15, 0.2) is 48.5 Å². The Hall–Kier alpha value is -3.19. The third-order valence-corrected chi connectivity index (χ3v) is 3.74. The molecule has 7 nitrogen and oxygen atoms in total. The van der Waals surface area contributed by atoms with Crippen molar-refractivity contribution in [2.24, 2.45) is 0 Å². The minimum atomic E-state index is -0.735. The van der Waals surface area contributed by atoms with E-state index in [0.717, 1.165) is 0 Å². The van der Waals surface area contributed by atoms with Crippen molar-refractivity contribution in [1.29, 1.82) is 0 Å². The zero-order valence-electron chi connectivity index (χ0n) is 12.8. The molecule has 0 fully saturated rings. The lowest BCUT2D eigenvalue weighted by Crippen LogP contribution is -2.47. The van der Waals surface area contributed by atoms with E-state index < -0.39 is 18.1 Å². The Bertz CT molecular complexity index is 940. The van der Waals surface area contributed by atoms with Gasteiger partial charge in [0.15, 0.2) is 0 Å². The van der Waals surface area contributed by atoms with Crippen molar-refractivity contribution < 1.29 is 24.1 Å². The molecule has 1 N–H and O–H groups in total. The molecular weight excluding hydrogens is 312 g/mol. The second kappa shape index (κ2) is 6.13. The summed E-state index contributed by atoms with van der Waals surface area (Å²) in [4.78, 5) is 12.8. The highest BCUT2D eigenvalue weighted by Crippen LogP contribution is 2.17. The normalized spacial score (nSPS) is 10.8. The summed E-state index contributed by atoms with van der Waals surface area (Å²) in [6.07, 6.45) is 0. The van der Waals surface area contributed by atoms with Gasteiger partial charge in [0.25, 0.3) is 22.5 Å². The smallest absolute Gasteiger partial charge is 0.336 e. The van der Waals surface area contributed by atoms with Gasteiger partial charge in [-0.2, -0.15) is 9.46 Å². The third-order valence-electron chi connectivity index (χ3n) is 3.74. The maximum atomic E-state index is 12.8. The first-order valence-electron chi connectivity index (χ1n) is 7.14. The summed E-state index contributed by atoms with van der Waals surface area (Å²) < 4.78 is 5.87. The molecule has 24 heavy (non-hydrogen) atoms. The van der Waals surface area contributed by atoms with E-state index in [0.29, 0.717) is 15.2 Å². The number of aliphatic hydroxyl groups excluding tert-OH is 1. The highest BCUT2D eigenvalue weighted by molar-refractivity contribution is 6.07. The number of nitrogens with zero attached hydrogens (tertiary/aromatic N) is 2. The Kier molecular flexibility index (Phi) is 4.01. The predicted molar refractivity (Wildman–Crippen MR) is 84.2 cm³/mol. The standard InChI is InChI=1S/C17H14N2O5/c1-24-12-6-4-5-11(9-12)17(21)16-15(10-20)18(22)13-7-2-3-8-14(13)19(16)23/h2-9,20H,10H2,1H3. The van der Waals surface area contributed by atoms with E-state index in [2.05, 4.69) is 0 Å². The van der Waals surface area contributed by atoms with E-state index in [9.17, 15) is 20.3 Å². The van der Waals surface area contributed by atoms with Gasteiger partial charge in [-0.1, -0.05) is 24.3 Å². The van der Waals surface area contributed by atoms with Crippen LogP contribution in [-0.4, -0.2) is 18.0 Å². The topological polar surface area (TPSA) is 100 Å². The van der Waals surface area contributed by atoms with Gasteiger partial charge in [0.05, 0.1) is 7.11 Å². The minimum absolute atomic E-state index is 0.0518. The molecule has 0 aliphatic carbocycles. The fraction of sp³-hybridized carbons (Fsp3) is 0.118. The monoisotopic (exact) mass is 326 g/mol. The van der Waals surface area contributed by atoms with Crippen LogP contribution < -0.4 is 14.2 Å². The number of rotatable bonds is 4. The number of ketones is 1. The maximum Gasteiger partial charge on any atom is 0.336 e. The molecular formula is C17H14N2O5. The van der Waals surface area contributed by atoms with Crippen LogP contribution in [0.3, 0.4) is 0 Å². The van der Waals surface area contributed by atoms with Crippen LogP contribution in [0.25, 0.3) is 11.0 Å². The summed E-state index contributed by atoms with van der Waals surface area (Å²) in [6, 6.07) is 12.3. The van der Waals surface area contributed by atoms with Crippen LogP contribution in [0.5, 0.6) is 5.75 Å². The zero-order valence-corrected chi connectivity index (χ0v) is 12.8. The maximum absolute atomic E-state index is 12.8. The number of aromatic nitrogens is 2. The zero-order chi connectivity index (χ0) is 17.3. The highest BCUT2D eigenvalue weighted by Gasteiger charge is 2.33. The van der Waals surface area contributed by atoms with E-state index in [1.54, 1.807) is 24.3 Å². The lowest BCUT2D eigenvalue weighted by Gasteiger charge is -2.11. The SMILES string of the molecule is COc1cccc(C(=O)c2c(CO)[n+]([O-])c3ccccc3[n+]2[O-])c1. The number of carbonyl (C=O) groups excluding carboxylic acids is 1. The highest BCUT2D eigenvalue weighted by atomic mass is 16.5. The van der Waals surface area contributed by atoms with Crippen LogP contribution in [0.1, 0.15) is 21.7 Å². The molecule has 0 spiro atoms. The van der Waals surface area contributed by atoms with Crippen LogP contribution in [0.2, 0.25) is 0 Å². The molecule has 0 amide bonds. The van der Waals surface area contributed by atoms with Crippen molar-refractivity contribution in [3.05, 3.63) is 75.9 Å². The number of carbonyl (C=O) groups is 1. The van der Waals surface area contributed by atoms with E-state index >= 15 is 0 Å². The third kappa shape index (κ3) is 2.40. The number of hydrogen-bond donors (Lipinski definition) is 1. The summed E-state index contributed by atoms with van der Waals surface area (Å²) in [6.45, 7) is -0.735. The lowest BCUT2D eigenvalue weighted by molar-refractivity contribution is -0.637. The van der Waals surface area contributed by atoms with Crippen molar-refractivity contribution in [2.45, 2.75) is 6.61 Å². The predicted octanol–water partition coefficient (Wildman–Crippen LogP) is 0.838. The summed E-state index contributed by atoms with van der Waals surface area (Å²) in [7, 11) is 1.46. The molecule has 0 saturated heterocycles. The second-order valence-corrected chi connectivity index (χ2v) is 5.09. The van der Waals surface area contributed by atoms with Crippen LogP contribution in [0.4, 0.5) is 0 Å². The van der Waals surface area contributed by atoms with Crippen LogP contribution >= 0.6 is 0 Å². The van der Waals surface area contributed by atoms with Crippen molar-refractivity contribution in [1.82, 2.24) is 0 Å². The minimum Gasteiger partial charge on any atom is -0.618 e. The van der Waals surface area contributed by atoms with Gasteiger partial charge in [0.1, 0.15) is 12.4 Å². The number of para-hydroxylation sites is 2. The number of benzene rings is 2. The van der Waals surface area contributed by atoms with E-state index in [1.165, 1.54) is 31.4 Å². The number of fused-ring (bicyclic) bond motifs is 1. The van der Waals surface area contributed by atoms with Gasteiger partial charge in [-0.05, 0) is 12.1 Å². The fourth-order valence-corrected chi connectivity index (χ4v) is 2.55.